The molecule has 0 aliphatic heterocycles. The second-order valence-electron chi connectivity index (χ2n) is 3.02. The molecule has 1 aromatic carbocycles. The second-order valence-corrected chi connectivity index (χ2v) is 3.45. The third-order valence-corrected chi connectivity index (χ3v) is 1.70. The summed E-state index contributed by atoms with van der Waals surface area (Å²) in [4.78, 5) is 9.00. The summed E-state index contributed by atoms with van der Waals surface area (Å²) in [5.41, 5.74) is 1.04. The molecule has 0 aliphatic carbocycles. The zero-order valence-electron chi connectivity index (χ0n) is 9.53. The van der Waals surface area contributed by atoms with E-state index < -0.39 is 5.97 Å². The Morgan fingerprint density at radius 2 is 2.06 bits per heavy atom. The topological polar surface area (TPSA) is 46.5 Å². The summed E-state index contributed by atoms with van der Waals surface area (Å²) in [6, 6.07) is 5.55. The van der Waals surface area contributed by atoms with Crippen LogP contribution in [0.15, 0.2) is 30.5 Å². The fraction of sp³-hybridized carbons (Fsp3) is 0.250. The minimum absolute atomic E-state index is 0.736. The molecule has 0 saturated carbocycles. The van der Waals surface area contributed by atoms with Crippen LogP contribution < -0.4 is 4.74 Å². The summed E-state index contributed by atoms with van der Waals surface area (Å²) in [5.74, 6) is 0.0116. The fourth-order valence-electron chi connectivity index (χ4n) is 0.886. The average Bonchev–Trinajstić information content (AvgIpc) is 2.15. The van der Waals surface area contributed by atoms with Crippen molar-refractivity contribution in [2.75, 3.05) is 0 Å². The summed E-state index contributed by atoms with van der Waals surface area (Å²) in [6.45, 7) is 4.95. The van der Waals surface area contributed by atoms with Crippen LogP contribution in [0.1, 0.15) is 19.4 Å². The molecule has 0 unspecified atom stereocenters. The molecule has 0 spiro atoms. The molecular weight excluding hydrogens is 228 g/mol. The third kappa shape index (κ3) is 6.90. The Kier molecular flexibility index (Phi) is 7.05. The van der Waals surface area contributed by atoms with Crippen molar-refractivity contribution >= 4 is 17.6 Å². The van der Waals surface area contributed by atoms with Gasteiger partial charge in [-0.2, -0.15) is 0 Å². The Bertz CT molecular complexity index is 369. The first-order chi connectivity index (χ1) is 7.47. The van der Waals surface area contributed by atoms with E-state index in [1.54, 1.807) is 6.26 Å². The van der Waals surface area contributed by atoms with Crippen molar-refractivity contribution in [3.05, 3.63) is 41.1 Å². The normalized spacial score (nSPS) is 9.50. The zero-order valence-corrected chi connectivity index (χ0v) is 10.3. The molecule has 0 fully saturated rings. The molecule has 1 aromatic rings. The van der Waals surface area contributed by atoms with Gasteiger partial charge in [-0.25, -0.2) is 0 Å². The van der Waals surface area contributed by atoms with Crippen molar-refractivity contribution in [3.8, 4) is 5.75 Å². The third-order valence-electron chi connectivity index (χ3n) is 1.47. The maximum Gasteiger partial charge on any atom is 0.300 e. The molecular formula is C12H15ClO3. The molecule has 0 saturated heterocycles. The van der Waals surface area contributed by atoms with Crippen molar-refractivity contribution in [1.29, 1.82) is 0 Å². The van der Waals surface area contributed by atoms with Crippen LogP contribution in [0.3, 0.4) is 0 Å². The molecule has 0 radical (unpaired) electrons. The van der Waals surface area contributed by atoms with E-state index in [0.29, 0.717) is 0 Å². The number of aliphatic carboxylic acids is 1. The van der Waals surface area contributed by atoms with E-state index in [9.17, 15) is 0 Å². The van der Waals surface area contributed by atoms with Crippen molar-refractivity contribution in [3.63, 3.8) is 0 Å². The maximum atomic E-state index is 9.00. The van der Waals surface area contributed by atoms with E-state index in [2.05, 4.69) is 0 Å². The number of halogens is 1. The highest BCUT2D eigenvalue weighted by Crippen LogP contribution is 2.21. The van der Waals surface area contributed by atoms with Crippen molar-refractivity contribution in [2.45, 2.75) is 20.8 Å². The molecule has 0 bridgehead atoms. The van der Waals surface area contributed by atoms with E-state index in [1.807, 2.05) is 38.1 Å². The predicted octanol–water partition coefficient (Wildman–Crippen LogP) is 3.65. The van der Waals surface area contributed by atoms with Crippen molar-refractivity contribution < 1.29 is 14.6 Å². The van der Waals surface area contributed by atoms with Gasteiger partial charge < -0.3 is 9.84 Å². The zero-order chi connectivity index (χ0) is 12.6. The van der Waals surface area contributed by atoms with Gasteiger partial charge in [0, 0.05) is 11.9 Å². The monoisotopic (exact) mass is 242 g/mol. The van der Waals surface area contributed by atoms with Crippen molar-refractivity contribution in [1.82, 2.24) is 0 Å². The molecule has 0 amide bonds. The summed E-state index contributed by atoms with van der Waals surface area (Å²) in [5, 5.41) is 8.15. The van der Waals surface area contributed by atoms with Gasteiger partial charge in [0.1, 0.15) is 5.75 Å². The van der Waals surface area contributed by atoms with Gasteiger partial charge in [0.15, 0.2) is 0 Å². The highest BCUT2D eigenvalue weighted by molar-refractivity contribution is 6.30. The first kappa shape index (κ1) is 14.5. The first-order valence-corrected chi connectivity index (χ1v) is 5.08. The van der Waals surface area contributed by atoms with Gasteiger partial charge in [-0.3, -0.25) is 4.79 Å². The Morgan fingerprint density at radius 1 is 1.50 bits per heavy atom. The van der Waals surface area contributed by atoms with Crippen LogP contribution >= 0.6 is 11.6 Å². The van der Waals surface area contributed by atoms with Crippen molar-refractivity contribution in [2.24, 2.45) is 0 Å². The number of allylic oxidation sites excluding steroid dienone is 1. The Balaban J connectivity index is 0.000000487. The molecule has 1 N–H and O–H groups in total. The summed E-state index contributed by atoms with van der Waals surface area (Å²) >= 11 is 5.78. The van der Waals surface area contributed by atoms with Gasteiger partial charge in [0.05, 0.1) is 6.26 Å². The van der Waals surface area contributed by atoms with E-state index >= 15 is 0 Å². The standard InChI is InChI=1S/C10H11ClO.C2H4O2/c1-3-6-12-10-5-4-9(11)7-8(10)2;1-2(3)4/h3-7H,1-2H3;1H3,(H,3,4). The lowest BCUT2D eigenvalue weighted by Gasteiger charge is -2.03. The summed E-state index contributed by atoms with van der Waals surface area (Å²) in [6.07, 6.45) is 3.49. The van der Waals surface area contributed by atoms with Gasteiger partial charge in [0.2, 0.25) is 0 Å². The van der Waals surface area contributed by atoms with E-state index in [1.165, 1.54) is 0 Å². The highest BCUT2D eigenvalue weighted by Gasteiger charge is 1.97. The van der Waals surface area contributed by atoms with Crippen LogP contribution in [0.2, 0.25) is 5.02 Å². The predicted molar refractivity (Wildman–Crippen MR) is 64.9 cm³/mol. The molecule has 0 atom stereocenters. The Hall–Kier alpha value is -1.48. The second kappa shape index (κ2) is 7.77. The largest absolute Gasteiger partial charge is 0.481 e. The van der Waals surface area contributed by atoms with Gasteiger partial charge in [-0.05, 0) is 37.6 Å². The lowest BCUT2D eigenvalue weighted by atomic mass is 10.2. The van der Waals surface area contributed by atoms with Gasteiger partial charge >= 0.3 is 0 Å². The molecule has 0 heterocycles. The minimum atomic E-state index is -0.833. The minimum Gasteiger partial charge on any atom is -0.481 e. The number of rotatable bonds is 2. The van der Waals surface area contributed by atoms with Crippen LogP contribution in [-0.4, -0.2) is 11.1 Å². The number of carbonyl (C=O) groups is 1. The maximum absolute atomic E-state index is 9.00. The molecule has 3 nitrogen and oxygen atoms in total. The van der Waals surface area contributed by atoms with Crippen LogP contribution in [0, 0.1) is 6.92 Å². The van der Waals surface area contributed by atoms with Crippen LogP contribution in [0.4, 0.5) is 0 Å². The van der Waals surface area contributed by atoms with E-state index in [-0.39, 0.29) is 0 Å². The average molecular weight is 243 g/mol. The van der Waals surface area contributed by atoms with Crippen LogP contribution in [0.25, 0.3) is 0 Å². The Labute approximate surface area is 100 Å². The first-order valence-electron chi connectivity index (χ1n) is 4.71. The SMILES string of the molecule is CC(=O)O.CC=COc1ccc(Cl)cc1C. The van der Waals surface area contributed by atoms with Gasteiger partial charge in [-0.15, -0.1) is 0 Å². The summed E-state index contributed by atoms with van der Waals surface area (Å²) in [7, 11) is 0. The number of carboxylic acid groups (broad SMARTS) is 1. The highest BCUT2D eigenvalue weighted by atomic mass is 35.5. The smallest absolute Gasteiger partial charge is 0.300 e. The summed E-state index contributed by atoms with van der Waals surface area (Å²) < 4.78 is 5.30. The number of hydrogen-bond acceptors (Lipinski definition) is 2. The van der Waals surface area contributed by atoms with Gasteiger partial charge in [-0.1, -0.05) is 17.7 Å². The van der Waals surface area contributed by atoms with E-state index in [0.717, 1.165) is 23.3 Å². The lowest BCUT2D eigenvalue weighted by Crippen LogP contribution is -1.84. The molecule has 0 aromatic heterocycles. The molecule has 88 valence electrons. The number of carboxylic acids is 1. The quantitative estimate of drug-likeness (QED) is 0.806. The number of hydrogen-bond donors (Lipinski definition) is 1. The number of benzene rings is 1. The molecule has 4 heteroatoms. The molecule has 16 heavy (non-hydrogen) atoms. The number of ether oxygens (including phenoxy) is 1. The van der Waals surface area contributed by atoms with E-state index in [4.69, 9.17) is 26.2 Å². The number of aryl methyl sites for hydroxylation is 1. The van der Waals surface area contributed by atoms with Crippen LogP contribution in [0.5, 0.6) is 5.75 Å². The van der Waals surface area contributed by atoms with Crippen LogP contribution in [-0.2, 0) is 4.79 Å². The lowest BCUT2D eigenvalue weighted by molar-refractivity contribution is -0.134. The molecule has 1 rings (SSSR count). The molecule has 0 aliphatic rings. The Morgan fingerprint density at radius 3 is 2.50 bits per heavy atom. The van der Waals surface area contributed by atoms with Gasteiger partial charge in [0.25, 0.3) is 5.97 Å². The fourth-order valence-corrected chi connectivity index (χ4v) is 1.11.